The Hall–Kier alpha value is -2.03. The van der Waals surface area contributed by atoms with Crippen LogP contribution in [-0.4, -0.2) is 5.91 Å². The van der Waals surface area contributed by atoms with Crippen molar-refractivity contribution in [2.75, 3.05) is 5.32 Å². The minimum absolute atomic E-state index is 0.0257. The summed E-state index contributed by atoms with van der Waals surface area (Å²) in [5, 5.41) is 2.93. The van der Waals surface area contributed by atoms with Crippen LogP contribution in [-0.2, 0) is 5.41 Å². The summed E-state index contributed by atoms with van der Waals surface area (Å²) in [6.45, 7) is 8.22. The second-order valence-electron chi connectivity index (χ2n) is 5.68. The molecule has 0 bridgehead atoms. The van der Waals surface area contributed by atoms with Crippen LogP contribution in [0, 0.1) is 6.92 Å². The van der Waals surface area contributed by atoms with Crippen molar-refractivity contribution in [1.29, 1.82) is 0 Å². The maximum absolute atomic E-state index is 12.2. The Morgan fingerprint density at radius 3 is 2.42 bits per heavy atom. The Morgan fingerprint density at radius 2 is 1.84 bits per heavy atom. The zero-order chi connectivity index (χ0) is 14.0. The summed E-state index contributed by atoms with van der Waals surface area (Å²) in [4.78, 5) is 12.2. The summed E-state index contributed by atoms with van der Waals surface area (Å²) in [7, 11) is 0. The fraction of sp³-hybridized carbons (Fsp3) is 0.312. The summed E-state index contributed by atoms with van der Waals surface area (Å²) < 4.78 is 5.21. The van der Waals surface area contributed by atoms with Crippen molar-refractivity contribution < 1.29 is 9.21 Å². The van der Waals surface area contributed by atoms with Crippen molar-refractivity contribution in [3.63, 3.8) is 0 Å². The number of para-hydroxylation sites is 1. The van der Waals surface area contributed by atoms with Gasteiger partial charge in [-0.25, -0.2) is 0 Å². The van der Waals surface area contributed by atoms with Crippen LogP contribution < -0.4 is 5.32 Å². The summed E-state index contributed by atoms with van der Waals surface area (Å²) in [5.74, 6) is 0.155. The van der Waals surface area contributed by atoms with E-state index >= 15 is 0 Å². The highest BCUT2D eigenvalue weighted by Gasteiger charge is 2.20. The first-order chi connectivity index (χ1) is 8.89. The predicted octanol–water partition coefficient (Wildman–Crippen LogP) is 4.14. The normalized spacial score (nSPS) is 11.4. The molecular weight excluding hydrogens is 238 g/mol. The fourth-order valence-corrected chi connectivity index (χ4v) is 2.03. The lowest BCUT2D eigenvalue weighted by atomic mass is 9.86. The molecule has 100 valence electrons. The van der Waals surface area contributed by atoms with Gasteiger partial charge in [0, 0.05) is 11.3 Å². The molecule has 19 heavy (non-hydrogen) atoms. The van der Waals surface area contributed by atoms with Gasteiger partial charge in [-0.2, -0.15) is 0 Å². The molecule has 0 fully saturated rings. The molecule has 1 N–H and O–H groups in total. The molecule has 0 atom stereocenters. The lowest BCUT2D eigenvalue weighted by Gasteiger charge is -2.22. The highest BCUT2D eigenvalue weighted by atomic mass is 16.3. The lowest BCUT2D eigenvalue weighted by Crippen LogP contribution is -2.18. The summed E-state index contributed by atoms with van der Waals surface area (Å²) in [6, 6.07) is 9.63. The zero-order valence-electron chi connectivity index (χ0n) is 11.8. The van der Waals surface area contributed by atoms with Crippen LogP contribution in [0.3, 0.4) is 0 Å². The van der Waals surface area contributed by atoms with Crippen molar-refractivity contribution in [3.05, 3.63) is 53.5 Å². The molecule has 1 aromatic heterocycles. The third-order valence-corrected chi connectivity index (χ3v) is 3.05. The van der Waals surface area contributed by atoms with Gasteiger partial charge in [0.05, 0.1) is 6.26 Å². The zero-order valence-corrected chi connectivity index (χ0v) is 11.8. The van der Waals surface area contributed by atoms with Crippen LogP contribution in [0.15, 0.2) is 41.0 Å². The van der Waals surface area contributed by atoms with Gasteiger partial charge in [-0.05, 0) is 30.0 Å². The van der Waals surface area contributed by atoms with Crippen LogP contribution in [0.1, 0.15) is 42.5 Å². The van der Waals surface area contributed by atoms with E-state index in [1.54, 1.807) is 6.07 Å². The number of rotatable bonds is 2. The summed E-state index contributed by atoms with van der Waals surface area (Å²) in [5.41, 5.74) is 2.75. The van der Waals surface area contributed by atoms with Gasteiger partial charge in [0.15, 0.2) is 5.76 Å². The largest absolute Gasteiger partial charge is 0.459 e. The van der Waals surface area contributed by atoms with E-state index in [-0.39, 0.29) is 11.3 Å². The van der Waals surface area contributed by atoms with Crippen molar-refractivity contribution in [2.24, 2.45) is 0 Å². The lowest BCUT2D eigenvalue weighted by molar-refractivity contribution is 0.0995. The first kappa shape index (κ1) is 13.4. The molecule has 2 rings (SSSR count). The maximum atomic E-state index is 12.2. The summed E-state index contributed by atoms with van der Waals surface area (Å²) >= 11 is 0. The molecule has 1 aromatic carbocycles. The molecule has 1 heterocycles. The Kier molecular flexibility index (Phi) is 3.47. The van der Waals surface area contributed by atoms with E-state index < -0.39 is 0 Å². The molecule has 3 nitrogen and oxygen atoms in total. The van der Waals surface area contributed by atoms with Gasteiger partial charge in [0.25, 0.3) is 5.91 Å². The highest BCUT2D eigenvalue weighted by molar-refractivity contribution is 6.03. The maximum Gasteiger partial charge on any atom is 0.291 e. The van der Waals surface area contributed by atoms with Gasteiger partial charge in [0.1, 0.15) is 0 Å². The number of carbonyl (C=O) groups is 1. The number of furan rings is 1. The molecule has 0 unspecified atom stereocenters. The molecule has 3 heteroatoms. The van der Waals surface area contributed by atoms with E-state index in [1.165, 1.54) is 6.26 Å². The van der Waals surface area contributed by atoms with Crippen LogP contribution in [0.4, 0.5) is 5.69 Å². The van der Waals surface area contributed by atoms with Crippen molar-refractivity contribution >= 4 is 11.6 Å². The Morgan fingerprint density at radius 1 is 1.16 bits per heavy atom. The van der Waals surface area contributed by atoms with Gasteiger partial charge in [-0.1, -0.05) is 39.0 Å². The molecule has 1 amide bonds. The number of hydrogen-bond acceptors (Lipinski definition) is 2. The first-order valence-electron chi connectivity index (χ1n) is 6.34. The van der Waals surface area contributed by atoms with E-state index in [4.69, 9.17) is 4.42 Å². The number of aryl methyl sites for hydroxylation is 1. The molecule has 0 radical (unpaired) electrons. The number of amides is 1. The van der Waals surface area contributed by atoms with Gasteiger partial charge in [0.2, 0.25) is 0 Å². The van der Waals surface area contributed by atoms with Crippen LogP contribution in [0.5, 0.6) is 0 Å². The van der Waals surface area contributed by atoms with Crippen LogP contribution in [0.25, 0.3) is 0 Å². The number of hydrogen-bond donors (Lipinski definition) is 1. The average molecular weight is 257 g/mol. The van der Waals surface area contributed by atoms with E-state index in [0.717, 1.165) is 16.8 Å². The van der Waals surface area contributed by atoms with Crippen molar-refractivity contribution in [2.45, 2.75) is 33.1 Å². The standard InChI is InChI=1S/C16H19NO2/c1-11-9-10-19-14(11)15(18)17-13-8-6-5-7-12(13)16(2,3)4/h5-10H,1-4H3,(H,17,18). The average Bonchev–Trinajstić information content (AvgIpc) is 2.75. The first-order valence-corrected chi connectivity index (χ1v) is 6.34. The third-order valence-electron chi connectivity index (χ3n) is 3.05. The molecule has 2 aromatic rings. The second-order valence-corrected chi connectivity index (χ2v) is 5.68. The second kappa shape index (κ2) is 4.92. The molecule has 0 saturated heterocycles. The van der Waals surface area contributed by atoms with Gasteiger partial charge in [-0.15, -0.1) is 0 Å². The highest BCUT2D eigenvalue weighted by Crippen LogP contribution is 2.29. The molecular formula is C16H19NO2. The third kappa shape index (κ3) is 2.87. The minimum Gasteiger partial charge on any atom is -0.459 e. The van der Waals surface area contributed by atoms with E-state index in [0.29, 0.717) is 5.76 Å². The Labute approximate surface area is 113 Å². The minimum atomic E-state index is -0.209. The van der Waals surface area contributed by atoms with Crippen LogP contribution in [0.2, 0.25) is 0 Å². The Bertz CT molecular complexity index is 591. The van der Waals surface area contributed by atoms with Crippen LogP contribution >= 0.6 is 0 Å². The SMILES string of the molecule is Cc1ccoc1C(=O)Nc1ccccc1C(C)(C)C. The quantitative estimate of drug-likeness (QED) is 0.878. The molecule has 0 aliphatic carbocycles. The van der Waals surface area contributed by atoms with Gasteiger partial charge >= 0.3 is 0 Å². The van der Waals surface area contributed by atoms with E-state index in [9.17, 15) is 4.79 Å². The smallest absolute Gasteiger partial charge is 0.291 e. The van der Waals surface area contributed by atoms with E-state index in [2.05, 4.69) is 26.1 Å². The van der Waals surface area contributed by atoms with Gasteiger partial charge < -0.3 is 9.73 Å². The predicted molar refractivity (Wildman–Crippen MR) is 76.5 cm³/mol. The number of anilines is 1. The monoisotopic (exact) mass is 257 g/mol. The molecule has 0 saturated carbocycles. The molecule has 0 spiro atoms. The molecule has 0 aliphatic rings. The topological polar surface area (TPSA) is 42.2 Å². The van der Waals surface area contributed by atoms with Crippen molar-refractivity contribution in [1.82, 2.24) is 0 Å². The number of nitrogens with one attached hydrogen (secondary N) is 1. The van der Waals surface area contributed by atoms with Crippen molar-refractivity contribution in [3.8, 4) is 0 Å². The molecule has 0 aliphatic heterocycles. The van der Waals surface area contributed by atoms with Gasteiger partial charge in [-0.3, -0.25) is 4.79 Å². The summed E-state index contributed by atoms with van der Waals surface area (Å²) in [6.07, 6.45) is 1.53. The Balaban J connectivity index is 2.30. The fourth-order valence-electron chi connectivity index (χ4n) is 2.03. The number of carbonyl (C=O) groups excluding carboxylic acids is 1. The van der Waals surface area contributed by atoms with E-state index in [1.807, 2.05) is 31.2 Å². The number of benzene rings is 1.